The smallest absolute Gasteiger partial charge is 0.226 e. The first-order valence-electron chi connectivity index (χ1n) is 7.84. The van der Waals surface area contributed by atoms with Gasteiger partial charge in [0.25, 0.3) is 0 Å². The number of ether oxygens (including phenoxy) is 1. The van der Waals surface area contributed by atoms with Crippen molar-refractivity contribution < 1.29 is 17.9 Å². The maximum atomic E-state index is 12.6. The van der Waals surface area contributed by atoms with Crippen LogP contribution in [0.4, 0.5) is 0 Å². The molecule has 0 aromatic heterocycles. The van der Waals surface area contributed by atoms with Gasteiger partial charge in [-0.25, -0.2) is 8.42 Å². The van der Waals surface area contributed by atoms with Crippen LogP contribution in [0.25, 0.3) is 0 Å². The molecule has 1 aliphatic heterocycles. The molecule has 1 aromatic rings. The van der Waals surface area contributed by atoms with Crippen molar-refractivity contribution in [1.29, 1.82) is 0 Å². The maximum absolute atomic E-state index is 12.6. The molecule has 0 unspecified atom stereocenters. The number of benzene rings is 1. The van der Waals surface area contributed by atoms with Crippen LogP contribution in [-0.2, 0) is 14.6 Å². The highest BCUT2D eigenvalue weighted by Crippen LogP contribution is 2.28. The molecule has 0 saturated carbocycles. The van der Waals surface area contributed by atoms with E-state index in [0.29, 0.717) is 18.8 Å². The fraction of sp³-hybridized carbons (Fsp3) is 0.471. The van der Waals surface area contributed by atoms with E-state index in [-0.39, 0.29) is 16.7 Å². The largest absolute Gasteiger partial charge is 0.497 e. The standard InChI is InChI=1S/C17H21NO4S/c1-22-14-7-9-15(10-8-14)23(20,21)16-11-18(12-16)17(19)13-5-3-2-4-6-13/h2-3,7-10,13,16H,4-6,11-12H2,1H3/t13-/m1/s1. The number of likely N-dealkylation sites (tertiary alicyclic amines) is 1. The average Bonchev–Trinajstić information content (AvgIpc) is 2.54. The van der Waals surface area contributed by atoms with E-state index in [9.17, 15) is 13.2 Å². The fourth-order valence-corrected chi connectivity index (χ4v) is 4.70. The highest BCUT2D eigenvalue weighted by Gasteiger charge is 2.42. The van der Waals surface area contributed by atoms with E-state index >= 15 is 0 Å². The second kappa shape index (κ2) is 6.35. The molecule has 0 radical (unpaired) electrons. The summed E-state index contributed by atoms with van der Waals surface area (Å²) in [6.45, 7) is 0.598. The lowest BCUT2D eigenvalue weighted by Gasteiger charge is -2.40. The van der Waals surface area contributed by atoms with Crippen LogP contribution in [0.5, 0.6) is 5.75 Å². The molecule has 23 heavy (non-hydrogen) atoms. The molecule has 1 heterocycles. The first-order chi connectivity index (χ1) is 11.0. The minimum absolute atomic E-state index is 0.0182. The number of allylic oxidation sites excluding steroid dienone is 2. The van der Waals surface area contributed by atoms with Crippen molar-refractivity contribution in [2.75, 3.05) is 20.2 Å². The Morgan fingerprint density at radius 3 is 2.43 bits per heavy atom. The van der Waals surface area contributed by atoms with Gasteiger partial charge in [0.2, 0.25) is 5.91 Å². The minimum atomic E-state index is -3.39. The van der Waals surface area contributed by atoms with E-state index in [1.807, 2.05) is 6.08 Å². The Balaban J connectivity index is 1.63. The lowest BCUT2D eigenvalue weighted by atomic mass is 9.92. The summed E-state index contributed by atoms with van der Waals surface area (Å²) < 4.78 is 30.2. The van der Waals surface area contributed by atoms with Gasteiger partial charge in [0.1, 0.15) is 11.0 Å². The number of carbonyl (C=O) groups is 1. The summed E-state index contributed by atoms with van der Waals surface area (Å²) in [5.41, 5.74) is 0. The predicted molar refractivity (Wildman–Crippen MR) is 87.0 cm³/mol. The summed E-state index contributed by atoms with van der Waals surface area (Å²) in [6.07, 6.45) is 6.69. The number of rotatable bonds is 4. The lowest BCUT2D eigenvalue weighted by molar-refractivity contribution is -0.139. The summed E-state index contributed by atoms with van der Waals surface area (Å²) in [4.78, 5) is 14.3. The van der Waals surface area contributed by atoms with E-state index in [1.54, 1.807) is 36.3 Å². The van der Waals surface area contributed by atoms with Crippen LogP contribution in [0.2, 0.25) is 0 Å². The van der Waals surface area contributed by atoms with E-state index in [2.05, 4.69) is 6.08 Å². The Hall–Kier alpha value is -1.82. The zero-order chi connectivity index (χ0) is 16.4. The number of amides is 1. The second-order valence-corrected chi connectivity index (χ2v) is 8.30. The SMILES string of the molecule is COc1ccc(S(=O)(=O)C2CN(C(=O)[C@@H]3CC=CCC3)C2)cc1. The lowest BCUT2D eigenvalue weighted by Crippen LogP contribution is -2.58. The second-order valence-electron chi connectivity index (χ2n) is 6.07. The van der Waals surface area contributed by atoms with Gasteiger partial charge in [-0.15, -0.1) is 0 Å². The third-order valence-electron chi connectivity index (χ3n) is 4.60. The van der Waals surface area contributed by atoms with Gasteiger partial charge in [-0.2, -0.15) is 0 Å². The van der Waals surface area contributed by atoms with Crippen LogP contribution in [0.3, 0.4) is 0 Å². The van der Waals surface area contributed by atoms with Crippen LogP contribution >= 0.6 is 0 Å². The molecule has 1 amide bonds. The van der Waals surface area contributed by atoms with E-state index < -0.39 is 15.1 Å². The Morgan fingerprint density at radius 2 is 1.87 bits per heavy atom. The maximum Gasteiger partial charge on any atom is 0.226 e. The molecular weight excluding hydrogens is 314 g/mol. The normalized spacial score (nSPS) is 21.8. The zero-order valence-electron chi connectivity index (χ0n) is 13.1. The number of hydrogen-bond acceptors (Lipinski definition) is 4. The minimum Gasteiger partial charge on any atom is -0.497 e. The molecule has 0 spiro atoms. The molecule has 1 fully saturated rings. The van der Waals surface area contributed by atoms with Gasteiger partial charge in [0.05, 0.1) is 12.0 Å². The van der Waals surface area contributed by atoms with Gasteiger partial charge in [-0.1, -0.05) is 12.2 Å². The third kappa shape index (κ3) is 3.13. The summed E-state index contributed by atoms with van der Waals surface area (Å²) in [7, 11) is -1.85. The highest BCUT2D eigenvalue weighted by atomic mass is 32.2. The first-order valence-corrected chi connectivity index (χ1v) is 9.38. The van der Waals surface area contributed by atoms with E-state index in [0.717, 1.165) is 19.3 Å². The number of carbonyl (C=O) groups excluding carboxylic acids is 1. The molecule has 1 aliphatic carbocycles. The number of methoxy groups -OCH3 is 1. The summed E-state index contributed by atoms with van der Waals surface area (Å²) in [5.74, 6) is 0.736. The van der Waals surface area contributed by atoms with Crippen LogP contribution in [-0.4, -0.2) is 44.7 Å². The van der Waals surface area contributed by atoms with Crippen molar-refractivity contribution in [3.8, 4) is 5.75 Å². The van der Waals surface area contributed by atoms with Crippen molar-refractivity contribution >= 4 is 15.7 Å². The van der Waals surface area contributed by atoms with Crippen LogP contribution in [0, 0.1) is 5.92 Å². The Morgan fingerprint density at radius 1 is 1.17 bits per heavy atom. The van der Waals surface area contributed by atoms with Gasteiger partial charge in [0.15, 0.2) is 9.84 Å². The number of hydrogen-bond donors (Lipinski definition) is 0. The molecule has 6 heteroatoms. The molecule has 3 rings (SSSR count). The van der Waals surface area contributed by atoms with Crippen molar-refractivity contribution in [2.45, 2.75) is 29.4 Å². The van der Waals surface area contributed by atoms with Crippen LogP contribution < -0.4 is 4.74 Å². The molecule has 1 atom stereocenters. The molecule has 0 bridgehead atoms. The monoisotopic (exact) mass is 335 g/mol. The molecule has 1 saturated heterocycles. The third-order valence-corrected chi connectivity index (χ3v) is 6.71. The van der Waals surface area contributed by atoms with Crippen molar-refractivity contribution in [1.82, 2.24) is 4.90 Å². The Kier molecular flexibility index (Phi) is 4.43. The Bertz CT molecular complexity index is 703. The van der Waals surface area contributed by atoms with Gasteiger partial charge in [-0.3, -0.25) is 4.79 Å². The van der Waals surface area contributed by atoms with Crippen molar-refractivity contribution in [2.24, 2.45) is 5.92 Å². The van der Waals surface area contributed by atoms with E-state index in [4.69, 9.17) is 4.74 Å². The molecule has 0 N–H and O–H groups in total. The summed E-state index contributed by atoms with van der Waals surface area (Å²) >= 11 is 0. The quantitative estimate of drug-likeness (QED) is 0.790. The molecule has 2 aliphatic rings. The molecule has 1 aromatic carbocycles. The van der Waals surface area contributed by atoms with Crippen molar-refractivity contribution in [3.05, 3.63) is 36.4 Å². The summed E-state index contributed by atoms with van der Waals surface area (Å²) in [5, 5.41) is -0.501. The summed E-state index contributed by atoms with van der Waals surface area (Å²) in [6, 6.07) is 6.40. The number of nitrogens with zero attached hydrogens (tertiary/aromatic N) is 1. The zero-order valence-corrected chi connectivity index (χ0v) is 14.0. The molecular formula is C17H21NO4S. The van der Waals surface area contributed by atoms with E-state index in [1.165, 1.54) is 0 Å². The van der Waals surface area contributed by atoms with Crippen LogP contribution in [0.1, 0.15) is 19.3 Å². The van der Waals surface area contributed by atoms with Crippen LogP contribution in [0.15, 0.2) is 41.3 Å². The predicted octanol–water partition coefficient (Wildman–Crippen LogP) is 2.04. The Labute approximate surface area is 136 Å². The van der Waals surface area contributed by atoms with Gasteiger partial charge < -0.3 is 9.64 Å². The topological polar surface area (TPSA) is 63.7 Å². The first kappa shape index (κ1) is 16.1. The average molecular weight is 335 g/mol. The fourth-order valence-electron chi connectivity index (χ4n) is 3.05. The number of sulfone groups is 1. The highest BCUT2D eigenvalue weighted by molar-refractivity contribution is 7.92. The van der Waals surface area contributed by atoms with Gasteiger partial charge in [0, 0.05) is 19.0 Å². The molecule has 124 valence electrons. The van der Waals surface area contributed by atoms with Gasteiger partial charge >= 0.3 is 0 Å². The van der Waals surface area contributed by atoms with Crippen molar-refractivity contribution in [3.63, 3.8) is 0 Å². The molecule has 5 nitrogen and oxygen atoms in total. The van der Waals surface area contributed by atoms with Gasteiger partial charge in [-0.05, 0) is 43.5 Å².